The highest BCUT2D eigenvalue weighted by Gasteiger charge is 2.21. The molecule has 0 N–H and O–H groups in total. The lowest BCUT2D eigenvalue weighted by Gasteiger charge is -2.11. The molecule has 0 fully saturated rings. The number of benzene rings is 3. The Morgan fingerprint density at radius 3 is 2.61 bits per heavy atom. The van der Waals surface area contributed by atoms with Crippen LogP contribution in [0.5, 0.6) is 17.4 Å². The number of methoxy groups -OCH3 is 1. The molecule has 3 aromatic carbocycles. The minimum Gasteiger partial charge on any atom is -0.497 e. The minimum absolute atomic E-state index is 0.0742. The number of halogens is 2. The molecule has 0 aliphatic heterocycles. The van der Waals surface area contributed by atoms with Crippen molar-refractivity contribution in [1.82, 2.24) is 9.78 Å². The van der Waals surface area contributed by atoms with E-state index in [4.69, 9.17) is 25.8 Å². The van der Waals surface area contributed by atoms with E-state index in [0.29, 0.717) is 28.7 Å². The second-order valence-electron chi connectivity index (χ2n) is 8.00. The normalized spacial score (nSPS) is 11.1. The van der Waals surface area contributed by atoms with Gasteiger partial charge in [-0.15, -0.1) is 11.3 Å². The van der Waals surface area contributed by atoms with E-state index in [2.05, 4.69) is 23.3 Å². The average Bonchev–Trinajstić information content (AvgIpc) is 3.47. The molecule has 0 saturated carbocycles. The first-order chi connectivity index (χ1) is 17.6. The molecular formula is C28H24ClFN2O3S. The fraction of sp³-hybridized carbons (Fsp3) is 0.179. The molecule has 184 valence electrons. The quantitative estimate of drug-likeness (QED) is 0.199. The van der Waals surface area contributed by atoms with Gasteiger partial charge in [0.2, 0.25) is 11.7 Å². The summed E-state index contributed by atoms with van der Waals surface area (Å²) in [5.74, 6) is 0.734. The van der Waals surface area contributed by atoms with Gasteiger partial charge in [-0.25, -0.2) is 4.68 Å². The van der Waals surface area contributed by atoms with Crippen LogP contribution in [0.2, 0.25) is 5.02 Å². The van der Waals surface area contributed by atoms with Crippen molar-refractivity contribution in [3.8, 4) is 39.1 Å². The van der Waals surface area contributed by atoms with E-state index >= 15 is 4.39 Å². The average molecular weight is 523 g/mol. The molecule has 0 aliphatic carbocycles. The molecule has 0 unspecified atom stereocenters. The Bertz CT molecular complexity index is 1480. The molecular weight excluding hydrogens is 499 g/mol. The van der Waals surface area contributed by atoms with Crippen LogP contribution in [0.25, 0.3) is 31.8 Å². The lowest BCUT2D eigenvalue weighted by molar-refractivity contribution is 0.253. The summed E-state index contributed by atoms with van der Waals surface area (Å²) in [6.07, 6.45) is 0. The van der Waals surface area contributed by atoms with Crippen LogP contribution in [0.4, 0.5) is 4.39 Å². The summed E-state index contributed by atoms with van der Waals surface area (Å²) in [7, 11) is 1.57. The van der Waals surface area contributed by atoms with Gasteiger partial charge in [0.1, 0.15) is 23.8 Å². The van der Waals surface area contributed by atoms with E-state index in [-0.39, 0.29) is 24.7 Å². The highest BCUT2D eigenvalue weighted by Crippen LogP contribution is 2.37. The summed E-state index contributed by atoms with van der Waals surface area (Å²) < 4.78 is 34.6. The van der Waals surface area contributed by atoms with Crippen molar-refractivity contribution < 1.29 is 18.6 Å². The molecule has 8 heteroatoms. The molecule has 0 aliphatic rings. The van der Waals surface area contributed by atoms with Gasteiger partial charge in [0.25, 0.3) is 0 Å². The Balaban J connectivity index is 1.32. The third-order valence-corrected chi connectivity index (χ3v) is 7.14. The van der Waals surface area contributed by atoms with E-state index in [1.807, 2.05) is 30.3 Å². The number of thiophene rings is 1. The molecule has 0 amide bonds. The number of ether oxygens (including phenoxy) is 3. The Kier molecular flexibility index (Phi) is 7.11. The summed E-state index contributed by atoms with van der Waals surface area (Å²) >= 11 is 8.26. The van der Waals surface area contributed by atoms with Crippen LogP contribution in [0.1, 0.15) is 6.92 Å². The van der Waals surface area contributed by atoms with Gasteiger partial charge in [-0.2, -0.15) is 9.49 Å². The van der Waals surface area contributed by atoms with Gasteiger partial charge >= 0.3 is 0 Å². The van der Waals surface area contributed by atoms with Crippen LogP contribution in [-0.2, 0) is 6.54 Å². The Morgan fingerprint density at radius 1 is 0.972 bits per heavy atom. The maximum absolute atomic E-state index is 15.2. The van der Waals surface area contributed by atoms with E-state index < -0.39 is 5.82 Å². The van der Waals surface area contributed by atoms with E-state index in [9.17, 15) is 0 Å². The summed E-state index contributed by atoms with van der Waals surface area (Å²) in [4.78, 5) is 1.14. The Labute approximate surface area is 217 Å². The maximum Gasteiger partial charge on any atom is 0.249 e. The van der Waals surface area contributed by atoms with E-state index in [1.54, 1.807) is 49.6 Å². The largest absolute Gasteiger partial charge is 0.497 e. The third-order valence-electron chi connectivity index (χ3n) is 5.68. The van der Waals surface area contributed by atoms with Gasteiger partial charge < -0.3 is 14.2 Å². The Morgan fingerprint density at radius 2 is 1.83 bits per heavy atom. The van der Waals surface area contributed by atoms with Gasteiger partial charge in [0.15, 0.2) is 0 Å². The predicted molar refractivity (Wildman–Crippen MR) is 143 cm³/mol. The Hall–Kier alpha value is -3.55. The standard InChI is InChI=1S/C28H24ClFN2O3S/c1-3-34-28-26(30)27(20-8-6-9-21(15-20)33-2)31-32(28)13-14-35-23-12-11-19(16-22(23)29)25-17-18-7-4-5-10-24(18)36-25/h4-12,15-17H,3,13-14H2,1-2H3. The highest BCUT2D eigenvalue weighted by molar-refractivity contribution is 7.22. The van der Waals surface area contributed by atoms with Gasteiger partial charge in [0.05, 0.1) is 25.3 Å². The molecule has 2 aromatic heterocycles. The molecule has 0 spiro atoms. The van der Waals surface area contributed by atoms with Crippen LogP contribution in [-0.4, -0.2) is 30.1 Å². The second-order valence-corrected chi connectivity index (χ2v) is 9.49. The van der Waals surface area contributed by atoms with Crippen molar-refractivity contribution >= 4 is 33.0 Å². The molecule has 36 heavy (non-hydrogen) atoms. The van der Waals surface area contributed by atoms with Crippen molar-refractivity contribution in [2.24, 2.45) is 0 Å². The predicted octanol–water partition coefficient (Wildman–Crippen LogP) is 7.71. The molecule has 5 rings (SSSR count). The maximum atomic E-state index is 15.2. The topological polar surface area (TPSA) is 45.5 Å². The lowest BCUT2D eigenvalue weighted by atomic mass is 10.1. The van der Waals surface area contributed by atoms with Crippen LogP contribution >= 0.6 is 22.9 Å². The number of aromatic nitrogens is 2. The van der Waals surface area contributed by atoms with Crippen molar-refractivity contribution in [1.29, 1.82) is 0 Å². The zero-order valence-electron chi connectivity index (χ0n) is 19.8. The zero-order valence-corrected chi connectivity index (χ0v) is 21.4. The number of fused-ring (bicyclic) bond motifs is 1. The van der Waals surface area contributed by atoms with Crippen LogP contribution in [0.15, 0.2) is 72.8 Å². The number of hydrogen-bond donors (Lipinski definition) is 0. The number of nitrogens with zero attached hydrogens (tertiary/aromatic N) is 2. The van der Waals surface area contributed by atoms with Crippen molar-refractivity contribution in [2.75, 3.05) is 20.3 Å². The van der Waals surface area contributed by atoms with Crippen molar-refractivity contribution in [3.63, 3.8) is 0 Å². The first kappa shape index (κ1) is 24.2. The highest BCUT2D eigenvalue weighted by atomic mass is 35.5. The number of rotatable bonds is 9. The lowest BCUT2D eigenvalue weighted by Crippen LogP contribution is -2.12. The van der Waals surface area contributed by atoms with Crippen molar-refractivity contribution in [3.05, 3.63) is 83.6 Å². The third kappa shape index (κ3) is 4.90. The van der Waals surface area contributed by atoms with Crippen LogP contribution in [0.3, 0.4) is 0 Å². The first-order valence-electron chi connectivity index (χ1n) is 11.5. The van der Waals surface area contributed by atoms with Crippen LogP contribution < -0.4 is 14.2 Å². The summed E-state index contributed by atoms with van der Waals surface area (Å²) in [6, 6.07) is 23.3. The fourth-order valence-electron chi connectivity index (χ4n) is 3.94. The monoisotopic (exact) mass is 522 g/mol. The summed E-state index contributed by atoms with van der Waals surface area (Å²) in [5.41, 5.74) is 1.83. The van der Waals surface area contributed by atoms with Gasteiger partial charge in [-0.3, -0.25) is 0 Å². The molecule has 0 radical (unpaired) electrons. The molecule has 0 bridgehead atoms. The minimum atomic E-state index is -0.518. The van der Waals surface area contributed by atoms with E-state index in [0.717, 1.165) is 10.4 Å². The zero-order chi connectivity index (χ0) is 25.1. The SMILES string of the molecule is CCOc1c(F)c(-c2cccc(OC)c2)nn1CCOc1ccc(-c2cc3ccccc3s2)cc1Cl. The second kappa shape index (κ2) is 10.6. The van der Waals surface area contributed by atoms with E-state index in [1.165, 1.54) is 14.8 Å². The molecule has 0 saturated heterocycles. The molecule has 2 heterocycles. The molecule has 5 nitrogen and oxygen atoms in total. The van der Waals surface area contributed by atoms with Gasteiger partial charge in [-0.1, -0.05) is 41.9 Å². The van der Waals surface area contributed by atoms with Gasteiger partial charge in [-0.05, 0) is 60.3 Å². The first-order valence-corrected chi connectivity index (χ1v) is 12.7. The van der Waals surface area contributed by atoms with Gasteiger partial charge in [0, 0.05) is 15.1 Å². The summed E-state index contributed by atoms with van der Waals surface area (Å²) in [5, 5.41) is 6.17. The molecule has 0 atom stereocenters. The van der Waals surface area contributed by atoms with Crippen molar-refractivity contribution in [2.45, 2.75) is 13.5 Å². The van der Waals surface area contributed by atoms with Crippen LogP contribution in [0, 0.1) is 5.82 Å². The smallest absolute Gasteiger partial charge is 0.249 e. The molecule has 5 aromatic rings. The summed E-state index contributed by atoms with van der Waals surface area (Å²) in [6.45, 7) is 2.63. The fourth-order valence-corrected chi connectivity index (χ4v) is 5.24. The number of hydrogen-bond acceptors (Lipinski definition) is 5.